The van der Waals surface area contributed by atoms with E-state index in [0.29, 0.717) is 98.4 Å². The van der Waals surface area contributed by atoms with Crippen LogP contribution in [-0.2, 0) is 21.9 Å². The highest BCUT2D eigenvalue weighted by Gasteiger charge is 2.19. The van der Waals surface area contributed by atoms with Crippen molar-refractivity contribution >= 4 is 123 Å². The molecule has 0 saturated carbocycles. The van der Waals surface area contributed by atoms with Gasteiger partial charge in [0.05, 0.1) is 63.1 Å². The first-order valence-electron chi connectivity index (χ1n) is 25.2. The van der Waals surface area contributed by atoms with Crippen molar-refractivity contribution in [1.82, 2.24) is 19.5 Å². The number of carboxylic acid groups (broad SMARTS) is 2. The fourth-order valence-electron chi connectivity index (χ4n) is 9.87. The maximum atomic E-state index is 13.5. The standard InChI is InChI=1S/C29H18N2O6.C21H14N2O2.C13H15ClO4/c32-26-18-5-1-3-7-22(18)30-23-12-21-25(13-20(23)26)31(24-8-4-2-6-19(24)27(21)33)14-15-9-16(28(34)35)11-17(10-15)29(36)37;1-11-6-7-17-13(8-11)21(25)15-10-18-14(9-19(15)23-17)20(24)12-4-2-3-5-16(12)22-18;1-3-17-12(15)10-5-9(8-14)6-11(7-10)13(16)18-4-2/h1-13H,14H2,(H,30,32)(H,34,35)(H,36,37);2-10H,1H3,(H,22,24)(H,23,25);5-7H,3-4,8H2,1-2H3. The molecule has 5 N–H and O–H groups in total. The average Bonchev–Trinajstić information content (AvgIpc) is 3.13. The van der Waals surface area contributed by atoms with Crippen molar-refractivity contribution < 1.29 is 38.9 Å². The van der Waals surface area contributed by atoms with E-state index in [0.717, 1.165) is 22.7 Å². The highest BCUT2D eigenvalue weighted by Crippen LogP contribution is 2.27. The fourth-order valence-corrected chi connectivity index (χ4v) is 10.0. The molecule has 4 aromatic heterocycles. The molecule has 0 unspecified atom stereocenters. The summed E-state index contributed by atoms with van der Waals surface area (Å²) in [5.41, 5.74) is 7.14. The maximum absolute atomic E-state index is 13.5. The lowest BCUT2D eigenvalue weighted by atomic mass is 10.0. The molecule has 0 aliphatic heterocycles. The minimum Gasteiger partial charge on any atom is -0.478 e. The van der Waals surface area contributed by atoms with Crippen molar-refractivity contribution in [1.29, 1.82) is 0 Å². The number of esters is 2. The number of halogens is 1. The second-order valence-electron chi connectivity index (χ2n) is 18.8. The lowest BCUT2D eigenvalue weighted by molar-refractivity contribution is 0.0522. The molecule has 12 rings (SSSR count). The number of rotatable bonds is 9. The number of nitrogens with zero attached hydrogens (tertiary/aromatic N) is 1. The highest BCUT2D eigenvalue weighted by atomic mass is 35.5. The SMILES string of the molecule is CCOC(=O)c1cc(CCl)cc(C(=O)OCC)c1.Cc1ccc2[nH]c3cc4c(=O)c5ccccc5[nH]c4cc3c(=O)c2c1.O=C(O)c1cc(Cn2c3ccccc3c(=O)c3cc4[nH]c5ccccc5c(=O)c4cc32)cc(C(=O)O)c1. The molecule has 398 valence electrons. The number of aryl methyl sites for hydroxylation is 1. The average molecular weight is 1090 g/mol. The van der Waals surface area contributed by atoms with Gasteiger partial charge in [0.1, 0.15) is 0 Å². The van der Waals surface area contributed by atoms with E-state index in [1.807, 2.05) is 60.0 Å². The summed E-state index contributed by atoms with van der Waals surface area (Å²) in [5.74, 6) is -3.24. The molecular weight excluding hydrogens is 1040 g/mol. The van der Waals surface area contributed by atoms with Gasteiger partial charge in [-0.1, -0.05) is 48.0 Å². The van der Waals surface area contributed by atoms with Gasteiger partial charge in [0, 0.05) is 72.1 Å². The van der Waals surface area contributed by atoms with Crippen LogP contribution in [0.4, 0.5) is 0 Å². The van der Waals surface area contributed by atoms with Gasteiger partial charge in [-0.05, 0) is 141 Å². The first-order valence-corrected chi connectivity index (χ1v) is 25.7. The lowest BCUT2D eigenvalue weighted by Gasteiger charge is -2.17. The van der Waals surface area contributed by atoms with Crippen LogP contribution in [0.15, 0.2) is 171 Å². The van der Waals surface area contributed by atoms with Crippen LogP contribution in [0, 0.1) is 6.92 Å². The Morgan fingerprint density at radius 3 is 1.36 bits per heavy atom. The normalized spacial score (nSPS) is 11.2. The van der Waals surface area contributed by atoms with Gasteiger partial charge >= 0.3 is 23.9 Å². The summed E-state index contributed by atoms with van der Waals surface area (Å²) in [4.78, 5) is 109. The Bertz CT molecular complexity index is 4760. The van der Waals surface area contributed by atoms with Crippen molar-refractivity contribution in [3.05, 3.63) is 231 Å². The zero-order valence-electron chi connectivity index (χ0n) is 43.1. The van der Waals surface area contributed by atoms with Crippen LogP contribution in [0.1, 0.15) is 72.0 Å². The van der Waals surface area contributed by atoms with E-state index in [1.54, 1.807) is 92.7 Å². The van der Waals surface area contributed by atoms with E-state index in [1.165, 1.54) is 18.2 Å². The molecule has 0 saturated heterocycles. The molecule has 0 amide bonds. The molecule has 0 bridgehead atoms. The number of carbonyl (C=O) groups is 4. The number of para-hydroxylation sites is 3. The number of aromatic nitrogens is 4. The molecule has 0 spiro atoms. The molecule has 12 aromatic rings. The van der Waals surface area contributed by atoms with Crippen molar-refractivity contribution in [2.45, 2.75) is 33.2 Å². The van der Waals surface area contributed by atoms with Crippen LogP contribution >= 0.6 is 11.6 Å². The van der Waals surface area contributed by atoms with E-state index in [4.69, 9.17) is 21.1 Å². The number of hydrogen-bond donors (Lipinski definition) is 5. The summed E-state index contributed by atoms with van der Waals surface area (Å²) in [6, 6.07) is 42.8. The van der Waals surface area contributed by atoms with E-state index >= 15 is 0 Å². The van der Waals surface area contributed by atoms with Crippen LogP contribution in [0.25, 0.3) is 87.2 Å². The Kier molecular flexibility index (Phi) is 14.7. The van der Waals surface area contributed by atoms with Gasteiger partial charge in [-0.25, -0.2) is 19.2 Å². The van der Waals surface area contributed by atoms with Gasteiger partial charge in [-0.2, -0.15) is 0 Å². The van der Waals surface area contributed by atoms with Gasteiger partial charge < -0.3 is 39.2 Å². The molecule has 17 heteroatoms. The number of alkyl halides is 1. The Labute approximate surface area is 457 Å². The second kappa shape index (κ2) is 22.0. The van der Waals surface area contributed by atoms with E-state index in [2.05, 4.69) is 15.0 Å². The predicted molar refractivity (Wildman–Crippen MR) is 311 cm³/mol. The van der Waals surface area contributed by atoms with Crippen molar-refractivity contribution in [2.24, 2.45) is 0 Å². The number of H-pyrrole nitrogens is 3. The van der Waals surface area contributed by atoms with Crippen molar-refractivity contribution in [3.63, 3.8) is 0 Å². The Morgan fingerprint density at radius 2 is 0.850 bits per heavy atom. The molecule has 0 radical (unpaired) electrons. The monoisotopic (exact) mass is 1090 g/mol. The van der Waals surface area contributed by atoms with Crippen LogP contribution in [0.2, 0.25) is 0 Å². The molecule has 80 heavy (non-hydrogen) atoms. The van der Waals surface area contributed by atoms with Crippen LogP contribution in [-0.4, -0.2) is 66.8 Å². The first-order chi connectivity index (χ1) is 38.5. The third-order valence-corrected chi connectivity index (χ3v) is 13.9. The van der Waals surface area contributed by atoms with Crippen LogP contribution in [0.5, 0.6) is 0 Å². The minimum absolute atomic E-state index is 0.0247. The fraction of sp³-hybridized carbons (Fsp3) is 0.111. The second-order valence-corrected chi connectivity index (χ2v) is 19.1. The highest BCUT2D eigenvalue weighted by molar-refractivity contribution is 6.17. The first kappa shape index (κ1) is 53.2. The van der Waals surface area contributed by atoms with Gasteiger partial charge in [-0.15, -0.1) is 11.6 Å². The minimum atomic E-state index is -1.25. The summed E-state index contributed by atoms with van der Waals surface area (Å²) in [6.45, 7) is 6.03. The number of pyridine rings is 4. The third kappa shape index (κ3) is 10.3. The van der Waals surface area contributed by atoms with Gasteiger partial charge in [-0.3, -0.25) is 19.2 Å². The van der Waals surface area contributed by atoms with E-state index in [-0.39, 0.29) is 58.5 Å². The summed E-state index contributed by atoms with van der Waals surface area (Å²) in [7, 11) is 0. The summed E-state index contributed by atoms with van der Waals surface area (Å²) >= 11 is 5.73. The van der Waals surface area contributed by atoms with E-state index < -0.39 is 23.9 Å². The van der Waals surface area contributed by atoms with Gasteiger partial charge in [0.15, 0.2) is 21.7 Å². The number of aromatic amines is 3. The number of ether oxygens (including phenoxy) is 2. The third-order valence-electron chi connectivity index (χ3n) is 13.6. The summed E-state index contributed by atoms with van der Waals surface area (Å²) in [5, 5.41) is 23.3. The van der Waals surface area contributed by atoms with Crippen molar-refractivity contribution in [3.8, 4) is 0 Å². The number of benzene rings is 8. The van der Waals surface area contributed by atoms with E-state index in [9.17, 15) is 48.6 Å². The zero-order chi connectivity index (χ0) is 56.5. The largest absolute Gasteiger partial charge is 0.478 e. The summed E-state index contributed by atoms with van der Waals surface area (Å²) < 4.78 is 11.6. The number of carbonyl (C=O) groups excluding carboxylic acids is 2. The number of hydrogen-bond acceptors (Lipinski definition) is 10. The molecule has 0 atom stereocenters. The molecular formula is C63H47ClN4O12. The number of aromatic carboxylic acids is 2. The van der Waals surface area contributed by atoms with Crippen molar-refractivity contribution in [2.75, 3.05) is 13.2 Å². The molecule has 4 heterocycles. The smallest absolute Gasteiger partial charge is 0.338 e. The topological polar surface area (TPSA) is 248 Å². The van der Waals surface area contributed by atoms with Crippen LogP contribution in [0.3, 0.4) is 0 Å². The molecule has 0 aliphatic carbocycles. The van der Waals surface area contributed by atoms with Gasteiger partial charge in [0.25, 0.3) is 0 Å². The number of nitrogens with one attached hydrogen (secondary N) is 3. The quantitative estimate of drug-likeness (QED) is 0.0514. The molecule has 0 aliphatic rings. The summed E-state index contributed by atoms with van der Waals surface area (Å²) in [6.07, 6.45) is 0. The number of fused-ring (bicyclic) bond motifs is 8. The van der Waals surface area contributed by atoms with Crippen LogP contribution < -0.4 is 21.7 Å². The lowest BCUT2D eigenvalue weighted by Crippen LogP contribution is -2.14. The molecule has 8 aromatic carbocycles. The Balaban J connectivity index is 0.000000145. The maximum Gasteiger partial charge on any atom is 0.338 e. The molecule has 16 nitrogen and oxygen atoms in total. The van der Waals surface area contributed by atoms with Gasteiger partial charge in [0.2, 0.25) is 0 Å². The predicted octanol–water partition coefficient (Wildman–Crippen LogP) is 11.4. The molecule has 0 fully saturated rings. The number of carboxylic acids is 2. The Morgan fingerprint density at radius 1 is 0.438 bits per heavy atom. The zero-order valence-corrected chi connectivity index (χ0v) is 43.8. The Hall–Kier alpha value is -10.2.